The molecular formula is C14H16O3. The van der Waals surface area contributed by atoms with Gasteiger partial charge in [-0.1, -0.05) is 18.6 Å². The first-order valence-corrected chi connectivity index (χ1v) is 6.11. The number of benzene rings is 1. The standard InChI is InChI=1S/C14H16O3/c1-16-13(15)14(6-2-7-14)11-3-4-12-10(9-11)5-8-17-12/h3-4,9H,2,5-8H2,1H3. The van der Waals surface area contributed by atoms with Gasteiger partial charge in [-0.05, 0) is 30.0 Å². The van der Waals surface area contributed by atoms with Crippen LogP contribution in [0.25, 0.3) is 0 Å². The van der Waals surface area contributed by atoms with E-state index < -0.39 is 0 Å². The van der Waals surface area contributed by atoms with Crippen molar-refractivity contribution in [2.45, 2.75) is 31.1 Å². The second-order valence-electron chi connectivity index (χ2n) is 4.85. The number of esters is 1. The average Bonchev–Trinajstić information content (AvgIpc) is 2.74. The normalized spacial score (nSPS) is 20.1. The molecular weight excluding hydrogens is 216 g/mol. The van der Waals surface area contributed by atoms with Gasteiger partial charge in [0.25, 0.3) is 0 Å². The first-order chi connectivity index (χ1) is 8.26. The molecule has 90 valence electrons. The molecule has 3 heteroatoms. The Kier molecular flexibility index (Phi) is 2.35. The van der Waals surface area contributed by atoms with Crippen LogP contribution in [0.15, 0.2) is 18.2 Å². The van der Waals surface area contributed by atoms with Gasteiger partial charge in [-0.25, -0.2) is 0 Å². The molecule has 0 bridgehead atoms. The van der Waals surface area contributed by atoms with E-state index in [0.29, 0.717) is 0 Å². The second kappa shape index (κ2) is 3.76. The molecule has 0 unspecified atom stereocenters. The Labute approximate surface area is 101 Å². The predicted molar refractivity (Wildman–Crippen MR) is 63.2 cm³/mol. The fraction of sp³-hybridized carbons (Fsp3) is 0.500. The third-order valence-corrected chi connectivity index (χ3v) is 4.03. The molecule has 0 aromatic heterocycles. The highest BCUT2D eigenvalue weighted by atomic mass is 16.5. The molecule has 0 radical (unpaired) electrons. The summed E-state index contributed by atoms with van der Waals surface area (Å²) in [5.41, 5.74) is 1.93. The van der Waals surface area contributed by atoms with E-state index in [1.54, 1.807) is 0 Å². The summed E-state index contributed by atoms with van der Waals surface area (Å²) < 4.78 is 10.4. The Morgan fingerprint density at radius 2 is 2.24 bits per heavy atom. The molecule has 1 heterocycles. The minimum absolute atomic E-state index is 0.0948. The van der Waals surface area contributed by atoms with Crippen molar-refractivity contribution in [2.75, 3.05) is 13.7 Å². The quantitative estimate of drug-likeness (QED) is 0.733. The van der Waals surface area contributed by atoms with E-state index in [2.05, 4.69) is 6.07 Å². The number of hydrogen-bond acceptors (Lipinski definition) is 3. The zero-order valence-electron chi connectivity index (χ0n) is 9.99. The Morgan fingerprint density at radius 3 is 2.88 bits per heavy atom. The zero-order valence-corrected chi connectivity index (χ0v) is 9.99. The highest BCUT2D eigenvalue weighted by Crippen LogP contribution is 2.46. The number of fused-ring (bicyclic) bond motifs is 1. The van der Waals surface area contributed by atoms with Gasteiger partial charge in [0, 0.05) is 6.42 Å². The number of carbonyl (C=O) groups excluding carboxylic acids is 1. The maximum atomic E-state index is 12.0. The molecule has 0 atom stereocenters. The molecule has 1 fully saturated rings. The van der Waals surface area contributed by atoms with Crippen LogP contribution in [0.2, 0.25) is 0 Å². The number of methoxy groups -OCH3 is 1. The van der Waals surface area contributed by atoms with Gasteiger partial charge in [-0.3, -0.25) is 4.79 Å². The summed E-state index contributed by atoms with van der Waals surface area (Å²) in [7, 11) is 1.47. The monoisotopic (exact) mass is 232 g/mol. The van der Waals surface area contributed by atoms with Crippen LogP contribution >= 0.6 is 0 Å². The van der Waals surface area contributed by atoms with Crippen LogP contribution in [0.4, 0.5) is 0 Å². The van der Waals surface area contributed by atoms with E-state index >= 15 is 0 Å². The van der Waals surface area contributed by atoms with Crippen LogP contribution in [0, 0.1) is 0 Å². The zero-order chi connectivity index (χ0) is 11.9. The smallest absolute Gasteiger partial charge is 0.316 e. The average molecular weight is 232 g/mol. The summed E-state index contributed by atoms with van der Waals surface area (Å²) in [6, 6.07) is 6.12. The minimum atomic E-state index is -0.383. The van der Waals surface area contributed by atoms with Gasteiger partial charge in [0.1, 0.15) is 5.75 Å². The first-order valence-electron chi connectivity index (χ1n) is 6.11. The van der Waals surface area contributed by atoms with E-state index in [-0.39, 0.29) is 11.4 Å². The van der Waals surface area contributed by atoms with Gasteiger partial charge in [0.05, 0.1) is 19.1 Å². The lowest BCUT2D eigenvalue weighted by atomic mass is 9.64. The van der Waals surface area contributed by atoms with Crippen molar-refractivity contribution in [1.29, 1.82) is 0 Å². The molecule has 0 amide bonds. The Morgan fingerprint density at radius 1 is 1.41 bits per heavy atom. The number of hydrogen-bond donors (Lipinski definition) is 0. The molecule has 1 aromatic carbocycles. The fourth-order valence-corrected chi connectivity index (χ4v) is 2.82. The highest BCUT2D eigenvalue weighted by molar-refractivity contribution is 5.84. The van der Waals surface area contributed by atoms with Gasteiger partial charge in [0.15, 0.2) is 0 Å². The lowest BCUT2D eigenvalue weighted by molar-refractivity contribution is -0.151. The molecule has 1 saturated carbocycles. The molecule has 3 nitrogen and oxygen atoms in total. The summed E-state index contributed by atoms with van der Waals surface area (Å²) in [5.74, 6) is 0.871. The lowest BCUT2D eigenvalue weighted by Crippen LogP contribution is -2.43. The molecule has 3 rings (SSSR count). The topological polar surface area (TPSA) is 35.5 Å². The van der Waals surface area contributed by atoms with E-state index in [4.69, 9.17) is 9.47 Å². The molecule has 17 heavy (non-hydrogen) atoms. The maximum Gasteiger partial charge on any atom is 0.316 e. The number of carbonyl (C=O) groups is 1. The molecule has 0 spiro atoms. The van der Waals surface area contributed by atoms with Gasteiger partial charge in [-0.15, -0.1) is 0 Å². The van der Waals surface area contributed by atoms with Gasteiger partial charge < -0.3 is 9.47 Å². The molecule has 1 aliphatic heterocycles. The van der Waals surface area contributed by atoms with E-state index in [1.165, 1.54) is 12.7 Å². The lowest BCUT2D eigenvalue weighted by Gasteiger charge is -2.39. The van der Waals surface area contributed by atoms with Crippen molar-refractivity contribution >= 4 is 5.97 Å². The Bertz CT molecular complexity index is 461. The summed E-state index contributed by atoms with van der Waals surface area (Å²) in [5, 5.41) is 0. The predicted octanol–water partition coefficient (Wildman–Crippen LogP) is 2.22. The van der Waals surface area contributed by atoms with Crippen LogP contribution < -0.4 is 4.74 Å². The molecule has 2 aliphatic rings. The van der Waals surface area contributed by atoms with E-state index in [9.17, 15) is 4.79 Å². The van der Waals surface area contributed by atoms with E-state index in [0.717, 1.165) is 43.6 Å². The third-order valence-electron chi connectivity index (χ3n) is 4.03. The SMILES string of the molecule is COC(=O)C1(c2ccc3c(c2)CCO3)CCC1. The Balaban J connectivity index is 2.00. The van der Waals surface area contributed by atoms with Gasteiger partial charge in [0.2, 0.25) is 0 Å². The van der Waals surface area contributed by atoms with Crippen LogP contribution in [-0.2, 0) is 21.4 Å². The summed E-state index contributed by atoms with van der Waals surface area (Å²) >= 11 is 0. The van der Waals surface area contributed by atoms with Crippen molar-refractivity contribution < 1.29 is 14.3 Å². The van der Waals surface area contributed by atoms with Crippen molar-refractivity contribution in [3.05, 3.63) is 29.3 Å². The largest absolute Gasteiger partial charge is 0.493 e. The summed E-state index contributed by atoms with van der Waals surface area (Å²) in [6.45, 7) is 0.754. The van der Waals surface area contributed by atoms with Gasteiger partial charge >= 0.3 is 5.97 Å². The van der Waals surface area contributed by atoms with Gasteiger partial charge in [-0.2, -0.15) is 0 Å². The van der Waals surface area contributed by atoms with Crippen LogP contribution in [0.3, 0.4) is 0 Å². The summed E-state index contributed by atoms with van der Waals surface area (Å²) in [4.78, 5) is 12.0. The summed E-state index contributed by atoms with van der Waals surface area (Å²) in [6.07, 6.45) is 3.85. The fourth-order valence-electron chi connectivity index (χ4n) is 2.82. The second-order valence-corrected chi connectivity index (χ2v) is 4.85. The number of rotatable bonds is 2. The van der Waals surface area contributed by atoms with Crippen LogP contribution in [-0.4, -0.2) is 19.7 Å². The highest BCUT2D eigenvalue weighted by Gasteiger charge is 2.47. The van der Waals surface area contributed by atoms with Crippen LogP contribution in [0.5, 0.6) is 5.75 Å². The molecule has 1 aromatic rings. The third kappa shape index (κ3) is 1.45. The minimum Gasteiger partial charge on any atom is -0.493 e. The Hall–Kier alpha value is -1.51. The van der Waals surface area contributed by atoms with Crippen molar-refractivity contribution in [1.82, 2.24) is 0 Å². The van der Waals surface area contributed by atoms with Crippen molar-refractivity contribution in [3.63, 3.8) is 0 Å². The molecule has 1 aliphatic carbocycles. The van der Waals surface area contributed by atoms with Crippen molar-refractivity contribution in [3.8, 4) is 5.75 Å². The maximum absolute atomic E-state index is 12.0. The van der Waals surface area contributed by atoms with Crippen molar-refractivity contribution in [2.24, 2.45) is 0 Å². The molecule has 0 saturated heterocycles. The number of ether oxygens (including phenoxy) is 2. The van der Waals surface area contributed by atoms with E-state index in [1.807, 2.05) is 12.1 Å². The first kappa shape index (κ1) is 10.6. The van der Waals surface area contributed by atoms with Crippen LogP contribution in [0.1, 0.15) is 30.4 Å². The molecule has 0 N–H and O–H groups in total.